The molecule has 1 N–H and O–H groups in total. The lowest BCUT2D eigenvalue weighted by molar-refractivity contribution is 0.415. The average Bonchev–Trinajstić information content (AvgIpc) is 2.47. The van der Waals surface area contributed by atoms with Gasteiger partial charge in [0.25, 0.3) is 0 Å². The Kier molecular flexibility index (Phi) is 4.74. The number of nitrogens with one attached hydrogen (secondary N) is 1. The summed E-state index contributed by atoms with van der Waals surface area (Å²) in [6.07, 6.45) is 2.09. The van der Waals surface area contributed by atoms with Crippen LogP contribution in [0.1, 0.15) is 18.5 Å². The fraction of sp³-hybridized carbons (Fsp3) is 0.250. The lowest BCUT2D eigenvalue weighted by Crippen LogP contribution is -2.06. The molecule has 100 valence electrons. The first-order chi connectivity index (χ1) is 9.22. The summed E-state index contributed by atoms with van der Waals surface area (Å²) in [5, 5.41) is 3.48. The van der Waals surface area contributed by atoms with E-state index in [0.29, 0.717) is 0 Å². The monoisotopic (exact) mass is 273 g/mol. The first kappa shape index (κ1) is 13.8. The molecule has 0 aromatic heterocycles. The number of hydrogen-bond donors (Lipinski definition) is 1. The predicted molar refractivity (Wildman–Crippen MR) is 83.3 cm³/mol. The molecule has 0 amide bonds. The zero-order valence-electron chi connectivity index (χ0n) is 11.5. The average molecular weight is 273 g/mol. The van der Waals surface area contributed by atoms with Crippen molar-refractivity contribution in [3.05, 3.63) is 54.1 Å². The van der Waals surface area contributed by atoms with Crippen molar-refractivity contribution >= 4 is 17.4 Å². The van der Waals surface area contributed by atoms with E-state index in [4.69, 9.17) is 4.74 Å². The zero-order valence-corrected chi connectivity index (χ0v) is 12.3. The Morgan fingerprint density at radius 1 is 1.11 bits per heavy atom. The van der Waals surface area contributed by atoms with Crippen molar-refractivity contribution in [3.8, 4) is 5.75 Å². The fourth-order valence-electron chi connectivity index (χ4n) is 1.94. The largest absolute Gasteiger partial charge is 0.497 e. The lowest BCUT2D eigenvalue weighted by Gasteiger charge is -2.16. The Bertz CT molecular complexity index is 525. The van der Waals surface area contributed by atoms with E-state index >= 15 is 0 Å². The molecular weight excluding hydrogens is 254 g/mol. The van der Waals surface area contributed by atoms with Crippen molar-refractivity contribution in [1.29, 1.82) is 0 Å². The molecule has 0 fully saturated rings. The Morgan fingerprint density at radius 3 is 2.47 bits per heavy atom. The minimum Gasteiger partial charge on any atom is -0.497 e. The van der Waals surface area contributed by atoms with Crippen LogP contribution in [0.4, 0.5) is 5.69 Å². The van der Waals surface area contributed by atoms with Crippen molar-refractivity contribution in [2.75, 3.05) is 18.7 Å². The van der Waals surface area contributed by atoms with Gasteiger partial charge in [-0.3, -0.25) is 0 Å². The summed E-state index contributed by atoms with van der Waals surface area (Å²) in [6.45, 7) is 2.16. The molecule has 3 heteroatoms. The van der Waals surface area contributed by atoms with E-state index in [0.717, 1.165) is 11.4 Å². The molecule has 0 aliphatic rings. The van der Waals surface area contributed by atoms with Gasteiger partial charge in [-0.15, -0.1) is 11.8 Å². The van der Waals surface area contributed by atoms with Crippen molar-refractivity contribution in [3.63, 3.8) is 0 Å². The lowest BCUT2D eigenvalue weighted by atomic mass is 10.1. The topological polar surface area (TPSA) is 21.3 Å². The highest BCUT2D eigenvalue weighted by atomic mass is 32.2. The van der Waals surface area contributed by atoms with E-state index in [1.165, 1.54) is 10.5 Å². The van der Waals surface area contributed by atoms with Gasteiger partial charge in [0.2, 0.25) is 0 Å². The number of thioether (sulfide) groups is 1. The van der Waals surface area contributed by atoms with Gasteiger partial charge < -0.3 is 10.1 Å². The minimum absolute atomic E-state index is 0.267. The predicted octanol–water partition coefficient (Wildman–Crippen LogP) is 4.59. The van der Waals surface area contributed by atoms with Gasteiger partial charge in [0, 0.05) is 22.7 Å². The summed E-state index contributed by atoms with van der Waals surface area (Å²) in [4.78, 5) is 1.29. The molecule has 0 spiro atoms. The summed E-state index contributed by atoms with van der Waals surface area (Å²) in [5.41, 5.74) is 2.35. The van der Waals surface area contributed by atoms with Crippen LogP contribution in [-0.4, -0.2) is 13.4 Å². The standard InChI is InChI=1S/C16H19NOS/c1-12(13-7-9-16(19-3)10-8-13)17-14-5-4-6-15(11-14)18-2/h4-12,17H,1-3H3. The Morgan fingerprint density at radius 2 is 1.84 bits per heavy atom. The van der Waals surface area contributed by atoms with E-state index in [1.807, 2.05) is 18.2 Å². The van der Waals surface area contributed by atoms with Crippen LogP contribution in [0.2, 0.25) is 0 Å². The van der Waals surface area contributed by atoms with E-state index < -0.39 is 0 Å². The molecule has 0 saturated heterocycles. The van der Waals surface area contributed by atoms with Crippen LogP contribution in [0.3, 0.4) is 0 Å². The first-order valence-corrected chi connectivity index (χ1v) is 7.50. The van der Waals surface area contributed by atoms with Crippen LogP contribution in [0.25, 0.3) is 0 Å². The molecule has 0 heterocycles. The van der Waals surface area contributed by atoms with Gasteiger partial charge in [0.1, 0.15) is 5.75 Å². The maximum atomic E-state index is 5.23. The van der Waals surface area contributed by atoms with Gasteiger partial charge in [-0.05, 0) is 43.0 Å². The van der Waals surface area contributed by atoms with Crippen LogP contribution in [-0.2, 0) is 0 Å². The number of hydrogen-bond acceptors (Lipinski definition) is 3. The molecule has 2 nitrogen and oxygen atoms in total. The summed E-state index contributed by atoms with van der Waals surface area (Å²) in [6, 6.07) is 16.9. The van der Waals surface area contributed by atoms with Gasteiger partial charge >= 0.3 is 0 Å². The highest BCUT2D eigenvalue weighted by molar-refractivity contribution is 7.98. The third-order valence-corrected chi connectivity index (χ3v) is 3.81. The smallest absolute Gasteiger partial charge is 0.120 e. The number of anilines is 1. The molecule has 0 radical (unpaired) electrons. The van der Waals surface area contributed by atoms with E-state index in [1.54, 1.807) is 18.9 Å². The molecular formula is C16H19NOS. The first-order valence-electron chi connectivity index (χ1n) is 6.27. The van der Waals surface area contributed by atoms with Crippen molar-refractivity contribution in [2.45, 2.75) is 17.9 Å². The van der Waals surface area contributed by atoms with Crippen LogP contribution in [0.5, 0.6) is 5.75 Å². The van der Waals surface area contributed by atoms with Gasteiger partial charge in [0.15, 0.2) is 0 Å². The molecule has 2 aromatic carbocycles. The SMILES string of the molecule is COc1cccc(NC(C)c2ccc(SC)cc2)c1. The van der Waals surface area contributed by atoms with Gasteiger partial charge in [-0.25, -0.2) is 0 Å². The number of rotatable bonds is 5. The number of benzene rings is 2. The van der Waals surface area contributed by atoms with Gasteiger partial charge in [-0.1, -0.05) is 18.2 Å². The molecule has 0 aliphatic carbocycles. The van der Waals surface area contributed by atoms with Crippen molar-refractivity contribution in [2.24, 2.45) is 0 Å². The summed E-state index contributed by atoms with van der Waals surface area (Å²) in [5.74, 6) is 0.870. The minimum atomic E-state index is 0.267. The fourth-order valence-corrected chi connectivity index (χ4v) is 2.35. The second-order valence-corrected chi connectivity index (χ2v) is 5.25. The van der Waals surface area contributed by atoms with Crippen molar-refractivity contribution in [1.82, 2.24) is 0 Å². The summed E-state index contributed by atoms with van der Waals surface area (Å²) in [7, 11) is 1.68. The van der Waals surface area contributed by atoms with E-state index in [-0.39, 0.29) is 6.04 Å². The van der Waals surface area contributed by atoms with Crippen molar-refractivity contribution < 1.29 is 4.74 Å². The second-order valence-electron chi connectivity index (χ2n) is 4.37. The molecule has 0 saturated carbocycles. The molecule has 2 aromatic rings. The van der Waals surface area contributed by atoms with Crippen LogP contribution < -0.4 is 10.1 Å². The molecule has 19 heavy (non-hydrogen) atoms. The van der Waals surface area contributed by atoms with E-state index in [9.17, 15) is 0 Å². The maximum absolute atomic E-state index is 5.23. The normalized spacial score (nSPS) is 11.9. The van der Waals surface area contributed by atoms with Crippen LogP contribution >= 0.6 is 11.8 Å². The summed E-state index contributed by atoms with van der Waals surface area (Å²) >= 11 is 1.76. The Labute approximate surface area is 119 Å². The van der Waals surface area contributed by atoms with Crippen LogP contribution in [0, 0.1) is 0 Å². The van der Waals surface area contributed by atoms with E-state index in [2.05, 4.69) is 48.8 Å². The van der Waals surface area contributed by atoms with Gasteiger partial charge in [-0.2, -0.15) is 0 Å². The van der Waals surface area contributed by atoms with Gasteiger partial charge in [0.05, 0.1) is 7.11 Å². The number of methoxy groups -OCH3 is 1. The third-order valence-electron chi connectivity index (χ3n) is 3.07. The summed E-state index contributed by atoms with van der Waals surface area (Å²) < 4.78 is 5.23. The molecule has 2 rings (SSSR count). The molecule has 1 atom stereocenters. The Hall–Kier alpha value is -1.61. The second kappa shape index (κ2) is 6.53. The highest BCUT2D eigenvalue weighted by Crippen LogP contribution is 2.24. The molecule has 1 unspecified atom stereocenters. The zero-order chi connectivity index (χ0) is 13.7. The van der Waals surface area contributed by atoms with Crippen LogP contribution in [0.15, 0.2) is 53.4 Å². The quantitative estimate of drug-likeness (QED) is 0.805. The number of ether oxygens (including phenoxy) is 1. The Balaban J connectivity index is 2.08. The maximum Gasteiger partial charge on any atom is 0.120 e. The molecule has 0 aliphatic heterocycles. The third kappa shape index (κ3) is 3.67. The highest BCUT2D eigenvalue weighted by Gasteiger charge is 2.05. The molecule has 0 bridgehead atoms.